The highest BCUT2D eigenvalue weighted by molar-refractivity contribution is 7.89. The van der Waals surface area contributed by atoms with Gasteiger partial charge in [0.15, 0.2) is 0 Å². The molecule has 170 valence electrons. The molecule has 3 rings (SSSR count). The molecule has 1 heterocycles. The highest BCUT2D eigenvalue weighted by Gasteiger charge is 2.30. The Hall–Kier alpha value is -2.84. The normalized spacial score (nSPS) is 19.7. The van der Waals surface area contributed by atoms with Crippen molar-refractivity contribution < 1.29 is 17.6 Å². The summed E-state index contributed by atoms with van der Waals surface area (Å²) in [6, 6.07) is 7.09. The van der Waals surface area contributed by atoms with Gasteiger partial charge in [-0.25, -0.2) is 17.5 Å². The Kier molecular flexibility index (Phi) is 7.58. The van der Waals surface area contributed by atoms with Crippen LogP contribution in [0.5, 0.6) is 0 Å². The summed E-state index contributed by atoms with van der Waals surface area (Å²) in [6.45, 7) is 9.21. The molecule has 0 aliphatic heterocycles. The van der Waals surface area contributed by atoms with E-state index in [0.717, 1.165) is 5.56 Å². The van der Waals surface area contributed by atoms with Gasteiger partial charge in [-0.3, -0.25) is 9.78 Å². The van der Waals surface area contributed by atoms with Gasteiger partial charge >= 0.3 is 0 Å². The Morgan fingerprint density at radius 2 is 1.81 bits per heavy atom. The van der Waals surface area contributed by atoms with Crippen LogP contribution >= 0.6 is 0 Å². The number of pyridine rings is 1. The zero-order chi connectivity index (χ0) is 23.3. The van der Waals surface area contributed by atoms with Crippen molar-refractivity contribution in [1.29, 1.82) is 0 Å². The van der Waals surface area contributed by atoms with Gasteiger partial charge in [0.25, 0.3) is 0 Å². The van der Waals surface area contributed by atoms with Crippen molar-refractivity contribution in [2.45, 2.75) is 49.6 Å². The molecule has 0 spiro atoms. The molecule has 2 aromatic rings. The third-order valence-corrected chi connectivity index (χ3v) is 7.28. The molecule has 1 aliphatic rings. The standard InChI is InChI=1S/C24H28FN3O3S/c1-4-17-14-22(15-26-23(17)5-2)32(30,31)28-21-12-8-19(9-13-21)24(29)27-16(3)18-6-10-20(25)11-7-18/h4-7,10-11,14-16,19,21,28H,1-2,8-9,12-13H2,3H3,(H,27,29)/t16-,19-,21-/m1/s1. The zero-order valence-electron chi connectivity index (χ0n) is 18.1. The summed E-state index contributed by atoms with van der Waals surface area (Å²) in [6.07, 6.45) is 6.69. The molecule has 6 nitrogen and oxygen atoms in total. The van der Waals surface area contributed by atoms with Crippen LogP contribution in [0.25, 0.3) is 12.2 Å². The van der Waals surface area contributed by atoms with Crippen LogP contribution in [0.4, 0.5) is 4.39 Å². The molecular weight excluding hydrogens is 429 g/mol. The predicted molar refractivity (Wildman–Crippen MR) is 123 cm³/mol. The fourth-order valence-electron chi connectivity index (χ4n) is 3.88. The first-order valence-corrected chi connectivity index (χ1v) is 12.0. The zero-order valence-corrected chi connectivity index (χ0v) is 18.9. The van der Waals surface area contributed by atoms with E-state index in [1.807, 2.05) is 6.92 Å². The molecule has 32 heavy (non-hydrogen) atoms. The Morgan fingerprint density at radius 3 is 2.41 bits per heavy atom. The van der Waals surface area contributed by atoms with Gasteiger partial charge in [0.1, 0.15) is 10.7 Å². The minimum Gasteiger partial charge on any atom is -0.349 e. The van der Waals surface area contributed by atoms with Crippen molar-refractivity contribution in [2.75, 3.05) is 0 Å². The summed E-state index contributed by atoms with van der Waals surface area (Å²) < 4.78 is 41.4. The number of sulfonamides is 1. The second-order valence-corrected chi connectivity index (χ2v) is 9.72. The summed E-state index contributed by atoms with van der Waals surface area (Å²) in [4.78, 5) is 16.9. The molecule has 1 aromatic carbocycles. The van der Waals surface area contributed by atoms with Crippen LogP contribution in [-0.2, 0) is 14.8 Å². The van der Waals surface area contributed by atoms with E-state index in [1.54, 1.807) is 24.3 Å². The fraction of sp³-hybridized carbons (Fsp3) is 0.333. The number of nitrogens with one attached hydrogen (secondary N) is 2. The lowest BCUT2D eigenvalue weighted by atomic mass is 9.85. The number of aromatic nitrogens is 1. The number of amides is 1. The van der Waals surface area contributed by atoms with Crippen molar-refractivity contribution in [1.82, 2.24) is 15.0 Å². The van der Waals surface area contributed by atoms with E-state index in [9.17, 15) is 17.6 Å². The van der Waals surface area contributed by atoms with Crippen LogP contribution < -0.4 is 10.0 Å². The lowest BCUT2D eigenvalue weighted by Crippen LogP contribution is -2.41. The van der Waals surface area contributed by atoms with Gasteiger partial charge in [-0.2, -0.15) is 0 Å². The van der Waals surface area contributed by atoms with Crippen molar-refractivity contribution >= 4 is 28.1 Å². The highest BCUT2D eigenvalue weighted by atomic mass is 32.2. The Labute approximate surface area is 188 Å². The molecular formula is C24H28FN3O3S. The summed E-state index contributed by atoms with van der Waals surface area (Å²) in [5, 5.41) is 2.97. The lowest BCUT2D eigenvalue weighted by molar-refractivity contribution is -0.126. The minimum absolute atomic E-state index is 0.0667. The third-order valence-electron chi connectivity index (χ3n) is 5.80. The fourth-order valence-corrected chi connectivity index (χ4v) is 5.16. The number of hydrogen-bond acceptors (Lipinski definition) is 4. The quantitative estimate of drug-likeness (QED) is 0.621. The van der Waals surface area contributed by atoms with E-state index in [0.29, 0.717) is 36.9 Å². The number of halogens is 1. The maximum atomic E-state index is 13.1. The number of carbonyl (C=O) groups excluding carboxylic acids is 1. The maximum Gasteiger partial charge on any atom is 0.242 e. The van der Waals surface area contributed by atoms with Gasteiger partial charge in [-0.1, -0.05) is 31.4 Å². The van der Waals surface area contributed by atoms with Crippen LogP contribution in [0.1, 0.15) is 55.5 Å². The third kappa shape index (κ3) is 5.69. The maximum absolute atomic E-state index is 13.1. The van der Waals surface area contributed by atoms with Crippen molar-refractivity contribution in [2.24, 2.45) is 5.92 Å². The van der Waals surface area contributed by atoms with Gasteiger partial charge in [0, 0.05) is 23.7 Å². The van der Waals surface area contributed by atoms with E-state index in [2.05, 4.69) is 28.2 Å². The number of hydrogen-bond donors (Lipinski definition) is 2. The molecule has 1 saturated carbocycles. The molecule has 1 aliphatic carbocycles. The summed E-state index contributed by atoms with van der Waals surface area (Å²) in [5.74, 6) is -0.566. The number of benzene rings is 1. The Balaban J connectivity index is 1.56. The molecule has 1 amide bonds. The van der Waals surface area contributed by atoms with E-state index >= 15 is 0 Å². The van der Waals surface area contributed by atoms with Gasteiger partial charge in [0.2, 0.25) is 15.9 Å². The van der Waals surface area contributed by atoms with E-state index < -0.39 is 10.0 Å². The number of nitrogens with zero attached hydrogens (tertiary/aromatic N) is 1. The molecule has 2 N–H and O–H groups in total. The average Bonchev–Trinajstić information content (AvgIpc) is 2.79. The first kappa shape index (κ1) is 23.8. The van der Waals surface area contributed by atoms with Crippen LogP contribution in [0.2, 0.25) is 0 Å². The molecule has 1 aromatic heterocycles. The summed E-state index contributed by atoms with van der Waals surface area (Å²) >= 11 is 0. The van der Waals surface area contributed by atoms with Crippen molar-refractivity contribution in [3.63, 3.8) is 0 Å². The molecule has 0 saturated heterocycles. The molecule has 0 unspecified atom stereocenters. The smallest absolute Gasteiger partial charge is 0.242 e. The average molecular weight is 458 g/mol. The number of carbonyl (C=O) groups is 1. The Morgan fingerprint density at radius 1 is 1.16 bits per heavy atom. The summed E-state index contributed by atoms with van der Waals surface area (Å²) in [5.41, 5.74) is 2.00. The predicted octanol–water partition coefficient (Wildman–Crippen LogP) is 4.22. The minimum atomic E-state index is -3.74. The van der Waals surface area contributed by atoms with Crippen molar-refractivity contribution in [3.05, 3.63) is 72.3 Å². The van der Waals surface area contributed by atoms with Crippen LogP contribution in [0, 0.1) is 11.7 Å². The van der Waals surface area contributed by atoms with Gasteiger partial charge in [-0.15, -0.1) is 0 Å². The van der Waals surface area contributed by atoms with Crippen molar-refractivity contribution in [3.8, 4) is 0 Å². The molecule has 0 radical (unpaired) electrons. The lowest BCUT2D eigenvalue weighted by Gasteiger charge is -2.29. The number of rotatable bonds is 8. The van der Waals surface area contributed by atoms with Gasteiger partial charge in [-0.05, 0) is 62.4 Å². The van der Waals surface area contributed by atoms with Gasteiger partial charge in [0.05, 0.1) is 11.7 Å². The van der Waals surface area contributed by atoms with E-state index in [4.69, 9.17) is 0 Å². The SMILES string of the molecule is C=Cc1cc(S(=O)(=O)N[C@H]2CC[C@H](C(=O)N[C@H](C)c3ccc(F)cc3)CC2)cnc1C=C. The van der Waals surface area contributed by atoms with E-state index in [1.165, 1.54) is 24.4 Å². The largest absolute Gasteiger partial charge is 0.349 e. The molecule has 0 bridgehead atoms. The topological polar surface area (TPSA) is 88.2 Å². The first-order chi connectivity index (χ1) is 15.2. The highest BCUT2D eigenvalue weighted by Crippen LogP contribution is 2.27. The second-order valence-electron chi connectivity index (χ2n) is 8.01. The monoisotopic (exact) mass is 457 g/mol. The second kappa shape index (κ2) is 10.2. The first-order valence-electron chi connectivity index (χ1n) is 10.6. The van der Waals surface area contributed by atoms with Crippen LogP contribution in [0.15, 0.2) is 54.6 Å². The summed E-state index contributed by atoms with van der Waals surface area (Å²) in [7, 11) is -3.74. The van der Waals surface area contributed by atoms with Crippen LogP contribution in [-0.4, -0.2) is 25.4 Å². The molecule has 8 heteroatoms. The molecule has 1 atom stereocenters. The van der Waals surface area contributed by atoms with Crippen LogP contribution in [0.3, 0.4) is 0 Å². The van der Waals surface area contributed by atoms with E-state index in [-0.39, 0.29) is 34.6 Å². The Bertz CT molecular complexity index is 1090. The van der Waals surface area contributed by atoms with Gasteiger partial charge < -0.3 is 5.32 Å². The molecule has 1 fully saturated rings.